The van der Waals surface area contributed by atoms with Crippen molar-refractivity contribution in [1.29, 1.82) is 0 Å². The molecule has 2 aromatic rings. The Hall–Kier alpha value is -2.37. The molecule has 0 bridgehead atoms. The molecule has 0 spiro atoms. The Balaban J connectivity index is 1.98. The van der Waals surface area contributed by atoms with Crippen molar-refractivity contribution in [3.8, 4) is 5.75 Å². The lowest BCUT2D eigenvalue weighted by Gasteiger charge is -2.06. The molecule has 6 nitrogen and oxygen atoms in total. The van der Waals surface area contributed by atoms with Gasteiger partial charge in [-0.3, -0.25) is 4.79 Å². The topological polar surface area (TPSA) is 85.5 Å². The lowest BCUT2D eigenvalue weighted by atomic mass is 10.1. The van der Waals surface area contributed by atoms with Gasteiger partial charge in [0.1, 0.15) is 12.2 Å². The summed E-state index contributed by atoms with van der Waals surface area (Å²) < 4.78 is 10.5. The second-order valence-electron chi connectivity index (χ2n) is 3.97. The van der Waals surface area contributed by atoms with Crippen LogP contribution in [0, 0.1) is 0 Å². The summed E-state index contributed by atoms with van der Waals surface area (Å²) in [5.74, 6) is 0.386. The van der Waals surface area contributed by atoms with Crippen molar-refractivity contribution in [3.05, 3.63) is 41.6 Å². The Morgan fingerprint density at radius 1 is 1.26 bits per heavy atom. The van der Waals surface area contributed by atoms with E-state index in [4.69, 9.17) is 14.3 Å². The number of ether oxygens (including phenoxy) is 1. The smallest absolute Gasteiger partial charge is 0.312 e. The number of aryl methyl sites for hydroxylation is 2. The molecular weight excluding hydrogens is 248 g/mol. The van der Waals surface area contributed by atoms with Crippen LogP contribution in [0.15, 0.2) is 28.7 Å². The summed E-state index contributed by atoms with van der Waals surface area (Å²) >= 11 is 0. The maximum absolute atomic E-state index is 10.5. The van der Waals surface area contributed by atoms with Gasteiger partial charge in [-0.2, -0.15) is 0 Å². The zero-order valence-electron chi connectivity index (χ0n) is 10.5. The first-order chi connectivity index (χ1) is 9.19. The monoisotopic (exact) mass is 262 g/mol. The molecule has 2 rings (SSSR count). The van der Waals surface area contributed by atoms with Crippen molar-refractivity contribution >= 4 is 5.97 Å². The second kappa shape index (κ2) is 5.99. The molecule has 6 heteroatoms. The van der Waals surface area contributed by atoms with Crippen LogP contribution in [0.4, 0.5) is 0 Å². The number of aliphatic carboxylic acids is 1. The highest BCUT2D eigenvalue weighted by Crippen LogP contribution is 2.19. The third-order valence-electron chi connectivity index (χ3n) is 2.61. The molecule has 0 radical (unpaired) electrons. The summed E-state index contributed by atoms with van der Waals surface area (Å²) in [6.45, 7) is 0. The number of benzene rings is 1. The van der Waals surface area contributed by atoms with Crippen molar-refractivity contribution in [1.82, 2.24) is 10.2 Å². The fourth-order valence-electron chi connectivity index (χ4n) is 1.74. The average molecular weight is 262 g/mol. The van der Waals surface area contributed by atoms with Crippen molar-refractivity contribution in [3.63, 3.8) is 0 Å². The Morgan fingerprint density at radius 2 is 2.00 bits per heavy atom. The number of para-hydroxylation sites is 1. The normalized spacial score (nSPS) is 10.4. The van der Waals surface area contributed by atoms with Crippen molar-refractivity contribution < 1.29 is 19.1 Å². The number of aromatic nitrogens is 2. The van der Waals surface area contributed by atoms with E-state index in [1.807, 2.05) is 24.3 Å². The minimum atomic E-state index is -0.986. The van der Waals surface area contributed by atoms with Crippen LogP contribution in [0.2, 0.25) is 0 Å². The molecule has 0 aliphatic heterocycles. The zero-order chi connectivity index (χ0) is 13.7. The number of carboxylic acids is 1. The lowest BCUT2D eigenvalue weighted by Crippen LogP contribution is -1.99. The van der Waals surface area contributed by atoms with E-state index in [9.17, 15) is 4.79 Å². The van der Waals surface area contributed by atoms with Gasteiger partial charge in [-0.15, -0.1) is 10.2 Å². The SMILES string of the molecule is COc1ccccc1CCc1nnc(CC(=O)O)o1. The molecule has 1 aromatic heterocycles. The van der Waals surface area contributed by atoms with Crippen LogP contribution in [-0.2, 0) is 24.1 Å². The maximum atomic E-state index is 10.5. The first kappa shape index (κ1) is 13.1. The summed E-state index contributed by atoms with van der Waals surface area (Å²) in [6, 6.07) is 7.69. The lowest BCUT2D eigenvalue weighted by molar-refractivity contribution is -0.136. The summed E-state index contributed by atoms with van der Waals surface area (Å²) in [7, 11) is 1.62. The second-order valence-corrected chi connectivity index (χ2v) is 3.97. The van der Waals surface area contributed by atoms with Gasteiger partial charge in [0.05, 0.1) is 7.11 Å². The average Bonchev–Trinajstić information content (AvgIpc) is 2.83. The highest BCUT2D eigenvalue weighted by molar-refractivity contribution is 5.68. The molecule has 0 saturated heterocycles. The van der Waals surface area contributed by atoms with Crippen molar-refractivity contribution in [2.75, 3.05) is 7.11 Å². The van der Waals surface area contributed by atoms with Gasteiger partial charge < -0.3 is 14.3 Å². The van der Waals surface area contributed by atoms with Crippen LogP contribution in [0.5, 0.6) is 5.75 Å². The third kappa shape index (κ3) is 3.54. The number of hydrogen-bond acceptors (Lipinski definition) is 5. The molecule has 1 heterocycles. The predicted octanol–water partition coefficient (Wildman–Crippen LogP) is 1.49. The number of carbonyl (C=O) groups is 1. The quantitative estimate of drug-likeness (QED) is 0.848. The Morgan fingerprint density at radius 3 is 2.74 bits per heavy atom. The molecule has 0 atom stereocenters. The van der Waals surface area contributed by atoms with Crippen LogP contribution in [0.25, 0.3) is 0 Å². The standard InChI is InChI=1S/C13H14N2O4/c1-18-10-5-3-2-4-9(10)6-7-11-14-15-12(19-11)8-13(16)17/h2-5H,6-8H2,1H3,(H,16,17). The van der Waals surface area contributed by atoms with E-state index in [-0.39, 0.29) is 12.3 Å². The molecule has 0 unspecified atom stereocenters. The minimum Gasteiger partial charge on any atom is -0.496 e. The highest BCUT2D eigenvalue weighted by atomic mass is 16.5. The number of methoxy groups -OCH3 is 1. The highest BCUT2D eigenvalue weighted by Gasteiger charge is 2.10. The van der Waals surface area contributed by atoms with E-state index in [0.29, 0.717) is 18.7 Å². The maximum Gasteiger partial charge on any atom is 0.312 e. The van der Waals surface area contributed by atoms with Gasteiger partial charge in [0.15, 0.2) is 0 Å². The zero-order valence-corrected chi connectivity index (χ0v) is 10.5. The summed E-state index contributed by atoms with van der Waals surface area (Å²) in [5, 5.41) is 16.1. The van der Waals surface area contributed by atoms with E-state index in [2.05, 4.69) is 10.2 Å². The Kier molecular flexibility index (Phi) is 4.12. The van der Waals surface area contributed by atoms with Gasteiger partial charge in [-0.25, -0.2) is 0 Å². The van der Waals surface area contributed by atoms with Crippen LogP contribution in [0.3, 0.4) is 0 Å². The van der Waals surface area contributed by atoms with Gasteiger partial charge in [0.25, 0.3) is 0 Å². The molecule has 100 valence electrons. The largest absolute Gasteiger partial charge is 0.496 e. The number of rotatable bonds is 6. The van der Waals surface area contributed by atoms with Gasteiger partial charge in [-0.05, 0) is 18.1 Å². The van der Waals surface area contributed by atoms with Crippen LogP contribution in [-0.4, -0.2) is 28.4 Å². The van der Waals surface area contributed by atoms with Crippen LogP contribution >= 0.6 is 0 Å². The minimum absolute atomic E-state index is 0.127. The predicted molar refractivity (Wildman–Crippen MR) is 66.0 cm³/mol. The molecule has 1 N–H and O–H groups in total. The fraction of sp³-hybridized carbons (Fsp3) is 0.308. The summed E-state index contributed by atoms with van der Waals surface area (Å²) in [6.07, 6.45) is 0.993. The molecular formula is C13H14N2O4. The molecule has 0 aliphatic carbocycles. The molecule has 0 aliphatic rings. The molecule has 0 fully saturated rings. The van der Waals surface area contributed by atoms with E-state index in [1.165, 1.54) is 0 Å². The van der Waals surface area contributed by atoms with Crippen LogP contribution < -0.4 is 4.74 Å². The van der Waals surface area contributed by atoms with Gasteiger partial charge in [0, 0.05) is 6.42 Å². The van der Waals surface area contributed by atoms with E-state index in [1.54, 1.807) is 7.11 Å². The molecule has 19 heavy (non-hydrogen) atoms. The first-order valence-electron chi connectivity index (χ1n) is 5.84. The summed E-state index contributed by atoms with van der Waals surface area (Å²) in [5.41, 5.74) is 1.04. The number of hydrogen-bond donors (Lipinski definition) is 1. The van der Waals surface area contributed by atoms with E-state index < -0.39 is 5.97 Å². The van der Waals surface area contributed by atoms with Crippen LogP contribution in [0.1, 0.15) is 17.3 Å². The number of nitrogens with zero attached hydrogens (tertiary/aromatic N) is 2. The van der Waals surface area contributed by atoms with Crippen molar-refractivity contribution in [2.45, 2.75) is 19.3 Å². The molecule has 0 saturated carbocycles. The van der Waals surface area contributed by atoms with Crippen molar-refractivity contribution in [2.24, 2.45) is 0 Å². The third-order valence-corrected chi connectivity index (χ3v) is 2.61. The fourth-order valence-corrected chi connectivity index (χ4v) is 1.74. The first-order valence-corrected chi connectivity index (χ1v) is 5.84. The van der Waals surface area contributed by atoms with Gasteiger partial charge >= 0.3 is 5.97 Å². The molecule has 0 amide bonds. The Labute approximate surface area is 110 Å². The Bertz CT molecular complexity index is 565. The molecule has 1 aromatic carbocycles. The van der Waals surface area contributed by atoms with E-state index in [0.717, 1.165) is 11.3 Å². The van der Waals surface area contributed by atoms with E-state index >= 15 is 0 Å². The summed E-state index contributed by atoms with van der Waals surface area (Å²) in [4.78, 5) is 10.5. The van der Waals surface area contributed by atoms with Gasteiger partial charge in [0.2, 0.25) is 11.8 Å². The van der Waals surface area contributed by atoms with Gasteiger partial charge in [-0.1, -0.05) is 18.2 Å². The number of carboxylic acid groups (broad SMARTS) is 1.